The topological polar surface area (TPSA) is 86.8 Å². The van der Waals surface area contributed by atoms with Gasteiger partial charge in [0, 0.05) is 40.5 Å². The number of hydrogen-bond acceptors (Lipinski definition) is 5. The van der Waals surface area contributed by atoms with Crippen LogP contribution in [0.15, 0.2) is 133 Å². The van der Waals surface area contributed by atoms with Crippen molar-refractivity contribution in [1.29, 1.82) is 0 Å². The van der Waals surface area contributed by atoms with Gasteiger partial charge in [0.2, 0.25) is 5.41 Å². The minimum absolute atomic E-state index is 0.183. The Morgan fingerprint density at radius 2 is 0.985 bits per heavy atom. The number of imide groups is 1. The number of amides is 3. The van der Waals surface area contributed by atoms with Crippen LogP contribution in [-0.2, 0) is 10.8 Å². The second-order valence-corrected chi connectivity index (χ2v) is 19.9. The van der Waals surface area contributed by atoms with Crippen molar-refractivity contribution in [3.05, 3.63) is 189 Å². The summed E-state index contributed by atoms with van der Waals surface area (Å²) in [4.78, 5) is 57.5. The average Bonchev–Trinajstić information content (AvgIpc) is 3.68. The lowest BCUT2D eigenvalue weighted by atomic mass is 9.67. The molecule has 13 heteroatoms. The maximum absolute atomic E-state index is 15.6. The number of Topliss-reactive ketones (excluding diaryl/α,β-unsaturated/α-hetero) is 1. The fourth-order valence-corrected chi connectivity index (χ4v) is 10.5. The van der Waals surface area contributed by atoms with Crippen molar-refractivity contribution in [3.8, 4) is 11.1 Å². The highest BCUT2D eigenvalue weighted by molar-refractivity contribution is 6.22. The predicted octanol–water partition coefficient (Wildman–Crippen LogP) is 12.5. The van der Waals surface area contributed by atoms with Crippen LogP contribution in [0.3, 0.4) is 0 Å². The van der Waals surface area contributed by atoms with Gasteiger partial charge in [-0.05, 0) is 135 Å². The van der Waals surface area contributed by atoms with Crippen LogP contribution in [0.2, 0.25) is 0 Å². The SMILES string of the molecule is CC1CN(c2ccc(C3(c4ccc(NC(C)(C)C)cc4)c4ccccc4-c4ccccc43)cc2)C(=O)c2ccc(C(c3ccc4c(c3)C(=O)N(C(C)(C)C)C4=O)(C(F)(F)F)C(F)(F)F)cc2C1=O. The van der Waals surface area contributed by atoms with Crippen LogP contribution in [-0.4, -0.2) is 58.4 Å². The highest BCUT2D eigenvalue weighted by Crippen LogP contribution is 2.58. The molecule has 2 aliphatic heterocycles. The fraction of sp³-hybridized carbons (Fsp3) is 0.273. The van der Waals surface area contributed by atoms with Gasteiger partial charge >= 0.3 is 12.4 Å². The Morgan fingerprint density at radius 1 is 0.529 bits per heavy atom. The van der Waals surface area contributed by atoms with E-state index in [0.717, 1.165) is 56.1 Å². The molecule has 0 saturated carbocycles. The Morgan fingerprint density at radius 3 is 1.47 bits per heavy atom. The molecular formula is C55H47F6N3O4. The van der Waals surface area contributed by atoms with Gasteiger partial charge in [0.05, 0.1) is 22.1 Å². The molecule has 1 atom stereocenters. The van der Waals surface area contributed by atoms with Gasteiger partial charge in [-0.15, -0.1) is 0 Å². The summed E-state index contributed by atoms with van der Waals surface area (Å²) in [6, 6.07) is 35.6. The minimum atomic E-state index is -6.09. The molecule has 0 aromatic heterocycles. The molecule has 1 unspecified atom stereocenters. The quantitative estimate of drug-likeness (QED) is 0.133. The third-order valence-corrected chi connectivity index (χ3v) is 13.3. The number of carbonyl (C=O) groups excluding carboxylic acids is 4. The molecule has 3 amide bonds. The van der Waals surface area contributed by atoms with Crippen LogP contribution in [0.25, 0.3) is 11.1 Å². The van der Waals surface area contributed by atoms with E-state index >= 15 is 26.3 Å². The van der Waals surface area contributed by atoms with Crippen molar-refractivity contribution in [3.63, 3.8) is 0 Å². The van der Waals surface area contributed by atoms with Crippen molar-refractivity contribution >= 4 is 34.9 Å². The maximum atomic E-state index is 15.6. The van der Waals surface area contributed by atoms with Gasteiger partial charge in [-0.1, -0.05) is 91.9 Å². The Balaban J connectivity index is 1.14. The largest absolute Gasteiger partial charge is 0.411 e. The van der Waals surface area contributed by atoms with Crippen molar-refractivity contribution in [2.75, 3.05) is 16.8 Å². The highest BCUT2D eigenvalue weighted by atomic mass is 19.4. The molecule has 0 spiro atoms. The van der Waals surface area contributed by atoms with Crippen molar-refractivity contribution in [1.82, 2.24) is 4.90 Å². The molecule has 2 heterocycles. The van der Waals surface area contributed by atoms with Gasteiger partial charge in [0.1, 0.15) is 0 Å². The van der Waals surface area contributed by atoms with Gasteiger partial charge in [0.25, 0.3) is 17.7 Å². The zero-order chi connectivity index (χ0) is 49.1. The first-order valence-electron chi connectivity index (χ1n) is 22.2. The summed E-state index contributed by atoms with van der Waals surface area (Å²) in [5.41, 5.74) is -4.25. The Hall–Kier alpha value is -7.02. The van der Waals surface area contributed by atoms with E-state index in [-0.39, 0.29) is 23.2 Å². The van der Waals surface area contributed by atoms with E-state index in [1.807, 2.05) is 48.5 Å². The number of anilines is 2. The van der Waals surface area contributed by atoms with Crippen molar-refractivity contribution < 1.29 is 45.5 Å². The summed E-state index contributed by atoms with van der Waals surface area (Å²) >= 11 is 0. The lowest BCUT2D eigenvalue weighted by Crippen LogP contribution is -2.55. The summed E-state index contributed by atoms with van der Waals surface area (Å²) in [5, 5.41) is 3.52. The smallest absolute Gasteiger partial charge is 0.380 e. The number of ketones is 1. The number of benzene rings is 6. The zero-order valence-electron chi connectivity index (χ0n) is 38.3. The van der Waals surface area contributed by atoms with Gasteiger partial charge < -0.3 is 10.2 Å². The lowest BCUT2D eigenvalue weighted by molar-refractivity contribution is -0.288. The number of halogens is 6. The lowest BCUT2D eigenvalue weighted by Gasteiger charge is -2.38. The Kier molecular flexibility index (Phi) is 10.5. The third-order valence-electron chi connectivity index (χ3n) is 13.3. The van der Waals surface area contributed by atoms with Crippen molar-refractivity contribution in [2.45, 2.75) is 82.7 Å². The number of carbonyl (C=O) groups is 4. The molecule has 6 aromatic carbocycles. The molecule has 348 valence electrons. The summed E-state index contributed by atoms with van der Waals surface area (Å²) < 4.78 is 93.3. The summed E-state index contributed by atoms with van der Waals surface area (Å²) in [7, 11) is 0. The fourth-order valence-electron chi connectivity index (χ4n) is 10.5. The Labute approximate surface area is 389 Å². The molecule has 0 radical (unpaired) electrons. The van der Waals surface area contributed by atoms with E-state index in [2.05, 4.69) is 62.5 Å². The molecular weight excluding hydrogens is 881 g/mol. The van der Waals surface area contributed by atoms with Crippen LogP contribution >= 0.6 is 0 Å². The molecule has 68 heavy (non-hydrogen) atoms. The number of rotatable bonds is 6. The maximum Gasteiger partial charge on any atom is 0.411 e. The van der Waals surface area contributed by atoms with Crippen molar-refractivity contribution in [2.24, 2.45) is 5.92 Å². The molecule has 6 aromatic rings. The molecule has 1 N–H and O–H groups in total. The summed E-state index contributed by atoms with van der Waals surface area (Å²) in [6.45, 7) is 12.0. The number of fused-ring (bicyclic) bond motifs is 5. The van der Waals surface area contributed by atoms with Gasteiger partial charge in [-0.2, -0.15) is 26.3 Å². The number of nitrogens with zero attached hydrogens (tertiary/aromatic N) is 2. The van der Waals surface area contributed by atoms with E-state index in [9.17, 15) is 19.2 Å². The van der Waals surface area contributed by atoms with E-state index in [1.54, 1.807) is 12.1 Å². The molecule has 0 bridgehead atoms. The summed E-state index contributed by atoms with van der Waals surface area (Å²) in [5.74, 6) is -4.58. The van der Waals surface area contributed by atoms with Gasteiger partial charge in [-0.3, -0.25) is 24.1 Å². The van der Waals surface area contributed by atoms with E-state index in [4.69, 9.17) is 0 Å². The first-order valence-corrected chi connectivity index (χ1v) is 22.2. The second-order valence-electron chi connectivity index (χ2n) is 19.9. The number of hydrogen-bond donors (Lipinski definition) is 1. The highest BCUT2D eigenvalue weighted by Gasteiger charge is 2.73. The minimum Gasteiger partial charge on any atom is -0.380 e. The first kappa shape index (κ1) is 46.1. The van der Waals surface area contributed by atoms with Gasteiger partial charge in [0.15, 0.2) is 5.78 Å². The average molecular weight is 928 g/mol. The van der Waals surface area contributed by atoms with E-state index < -0.39 is 80.4 Å². The molecule has 9 rings (SSSR count). The molecule has 0 fully saturated rings. The molecule has 7 nitrogen and oxygen atoms in total. The molecule has 3 aliphatic rings. The summed E-state index contributed by atoms with van der Waals surface area (Å²) in [6.07, 6.45) is -12.2. The Bertz CT molecular complexity index is 3010. The standard InChI is InChI=1S/C55H47F6N3O4/c1-31-30-63(37-24-18-33(19-25-37)52(32-16-22-36(23-17-32)62-50(2,3)4)44-14-10-8-12-38(44)39-13-9-11-15-45(39)52)47(66)40-26-20-34(28-42(40)46(31)65)53(54(56,57)58,55(59,60)61)35-21-27-41-43(29-35)49(68)64(48(41)67)51(5,6)7/h8-29,31,62H,30H2,1-7H3. The second kappa shape index (κ2) is 15.5. The van der Waals surface area contributed by atoms with Crippen LogP contribution in [0.5, 0.6) is 0 Å². The predicted molar refractivity (Wildman–Crippen MR) is 248 cm³/mol. The molecule has 1 aliphatic carbocycles. The number of alkyl halides is 6. The van der Waals surface area contributed by atoms with E-state index in [1.165, 1.54) is 32.6 Å². The zero-order valence-corrected chi connectivity index (χ0v) is 38.3. The monoisotopic (exact) mass is 927 g/mol. The van der Waals surface area contributed by atoms with Crippen LogP contribution in [0.1, 0.15) is 123 Å². The van der Waals surface area contributed by atoms with Crippen LogP contribution in [0, 0.1) is 5.92 Å². The van der Waals surface area contributed by atoms with Gasteiger partial charge in [-0.25, -0.2) is 0 Å². The van der Waals surface area contributed by atoms with E-state index in [0.29, 0.717) is 30.0 Å². The normalized spacial score (nSPS) is 17.2. The van der Waals surface area contributed by atoms with Crippen LogP contribution < -0.4 is 10.2 Å². The first-order chi connectivity index (χ1) is 31.8. The number of nitrogens with one attached hydrogen (secondary N) is 1. The third kappa shape index (κ3) is 6.86. The molecule has 0 saturated heterocycles. The van der Waals surface area contributed by atoms with Crippen LogP contribution in [0.4, 0.5) is 37.7 Å².